The van der Waals surface area contributed by atoms with Gasteiger partial charge in [-0.05, 0) is 49.8 Å². The van der Waals surface area contributed by atoms with Crippen molar-refractivity contribution in [1.82, 2.24) is 13.9 Å². The summed E-state index contributed by atoms with van der Waals surface area (Å²) in [5.74, 6) is -0.366. The molecule has 1 aromatic rings. The van der Waals surface area contributed by atoms with Crippen LogP contribution in [0.5, 0.6) is 0 Å². The topological polar surface area (TPSA) is 73.0 Å². The van der Waals surface area contributed by atoms with Gasteiger partial charge in [0, 0.05) is 52.5 Å². The zero-order valence-corrected chi connectivity index (χ0v) is 17.7. The largest absolute Gasteiger partial charge is 0.372 e. The molecule has 0 unspecified atom stereocenters. The zero-order valence-electron chi connectivity index (χ0n) is 16.9. The molecule has 2 heterocycles. The summed E-state index contributed by atoms with van der Waals surface area (Å²) in [6.45, 7) is 3.42. The summed E-state index contributed by atoms with van der Waals surface area (Å²) in [7, 11) is -0.426. The molecule has 2 aliphatic heterocycles. The maximum absolute atomic E-state index is 12.6. The van der Waals surface area contributed by atoms with Gasteiger partial charge in [-0.15, -0.1) is 0 Å². The molecule has 1 atom stereocenters. The second kappa shape index (κ2) is 9.24. The van der Waals surface area contributed by atoms with Gasteiger partial charge < -0.3 is 10.2 Å². The molecular formula is C20H32N4O3S. The van der Waals surface area contributed by atoms with Crippen LogP contribution in [0.15, 0.2) is 24.3 Å². The van der Waals surface area contributed by atoms with Gasteiger partial charge >= 0.3 is 0 Å². The first kappa shape index (κ1) is 21.1. The first-order chi connectivity index (χ1) is 13.4. The third-order valence-electron chi connectivity index (χ3n) is 5.67. The average Bonchev–Trinajstić information content (AvgIpc) is 2.73. The third kappa shape index (κ3) is 5.04. The number of piperidine rings is 2. The lowest BCUT2D eigenvalue weighted by Gasteiger charge is -2.32. The molecule has 3 rings (SSSR count). The normalized spacial score (nSPS) is 21.7. The average molecular weight is 409 g/mol. The summed E-state index contributed by atoms with van der Waals surface area (Å²) < 4.78 is 27.2. The molecule has 0 aromatic heterocycles. The van der Waals surface area contributed by atoms with Crippen LogP contribution in [-0.2, 0) is 21.5 Å². The van der Waals surface area contributed by atoms with E-state index in [0.717, 1.165) is 25.1 Å². The molecule has 0 radical (unpaired) electrons. The molecule has 2 fully saturated rings. The smallest absolute Gasteiger partial charge is 0.281 e. The maximum Gasteiger partial charge on any atom is 0.281 e. The van der Waals surface area contributed by atoms with Gasteiger partial charge in [0.1, 0.15) is 0 Å². The second-order valence-corrected chi connectivity index (χ2v) is 10.1. The fourth-order valence-electron chi connectivity index (χ4n) is 3.91. The van der Waals surface area contributed by atoms with Crippen molar-refractivity contribution in [1.29, 1.82) is 0 Å². The molecule has 28 heavy (non-hydrogen) atoms. The molecular weight excluding hydrogens is 376 g/mol. The molecule has 7 nitrogen and oxygen atoms in total. The second-order valence-electron chi connectivity index (χ2n) is 7.92. The van der Waals surface area contributed by atoms with Gasteiger partial charge in [0.05, 0.1) is 5.92 Å². The number of nitrogens with one attached hydrogen (secondary N) is 1. The van der Waals surface area contributed by atoms with Gasteiger partial charge in [0.25, 0.3) is 10.2 Å². The SMILES string of the molecule is CN(C)S(=O)(=O)N1CCC[C@H](C(=O)NCc2ccc(N3CCCCC3)cc2)C1. The Bertz CT molecular complexity index is 758. The lowest BCUT2D eigenvalue weighted by atomic mass is 9.98. The minimum absolute atomic E-state index is 0.0706. The Morgan fingerprint density at radius 1 is 1.07 bits per heavy atom. The van der Waals surface area contributed by atoms with E-state index in [9.17, 15) is 13.2 Å². The van der Waals surface area contributed by atoms with Crippen molar-refractivity contribution in [3.05, 3.63) is 29.8 Å². The van der Waals surface area contributed by atoms with Crippen LogP contribution in [0.1, 0.15) is 37.7 Å². The minimum Gasteiger partial charge on any atom is -0.372 e. The number of rotatable bonds is 6. The monoisotopic (exact) mass is 408 g/mol. The number of hydrogen-bond donors (Lipinski definition) is 1. The van der Waals surface area contributed by atoms with Gasteiger partial charge in [-0.25, -0.2) is 0 Å². The predicted octanol–water partition coefficient (Wildman–Crippen LogP) is 1.81. The van der Waals surface area contributed by atoms with Crippen molar-refractivity contribution in [3.8, 4) is 0 Å². The lowest BCUT2D eigenvalue weighted by Crippen LogP contribution is -2.48. The Morgan fingerprint density at radius 3 is 2.39 bits per heavy atom. The van der Waals surface area contributed by atoms with E-state index >= 15 is 0 Å². The number of anilines is 1. The number of carbonyl (C=O) groups is 1. The van der Waals surface area contributed by atoms with E-state index in [-0.39, 0.29) is 18.4 Å². The van der Waals surface area contributed by atoms with Crippen molar-refractivity contribution in [2.75, 3.05) is 45.2 Å². The summed E-state index contributed by atoms with van der Waals surface area (Å²) >= 11 is 0. The van der Waals surface area contributed by atoms with Crippen molar-refractivity contribution >= 4 is 21.8 Å². The molecule has 8 heteroatoms. The van der Waals surface area contributed by atoms with E-state index in [4.69, 9.17) is 0 Å². The molecule has 2 saturated heterocycles. The summed E-state index contributed by atoms with van der Waals surface area (Å²) in [5.41, 5.74) is 2.30. The van der Waals surface area contributed by atoms with Gasteiger partial charge in [0.2, 0.25) is 5.91 Å². The molecule has 0 spiro atoms. The molecule has 1 amide bonds. The number of hydrogen-bond acceptors (Lipinski definition) is 4. The van der Waals surface area contributed by atoms with E-state index in [1.807, 2.05) is 0 Å². The van der Waals surface area contributed by atoms with Crippen molar-refractivity contribution in [3.63, 3.8) is 0 Å². The molecule has 1 aromatic carbocycles. The van der Waals surface area contributed by atoms with E-state index in [2.05, 4.69) is 34.5 Å². The first-order valence-corrected chi connectivity index (χ1v) is 11.6. The van der Waals surface area contributed by atoms with E-state index < -0.39 is 10.2 Å². The quantitative estimate of drug-likeness (QED) is 0.779. The molecule has 0 bridgehead atoms. The van der Waals surface area contributed by atoms with Gasteiger partial charge in [0.15, 0.2) is 0 Å². The van der Waals surface area contributed by atoms with Crippen LogP contribution in [0, 0.1) is 5.92 Å². The standard InChI is InChI=1S/C20H32N4O3S/c1-22(2)28(26,27)24-14-6-7-18(16-24)20(25)21-15-17-8-10-19(11-9-17)23-12-4-3-5-13-23/h8-11,18H,3-7,12-16H2,1-2H3,(H,21,25)/t18-/m0/s1. The molecule has 1 N–H and O–H groups in total. The van der Waals surface area contributed by atoms with Crippen molar-refractivity contribution in [2.45, 2.75) is 38.6 Å². The van der Waals surface area contributed by atoms with Crippen LogP contribution in [0.4, 0.5) is 5.69 Å². The number of carbonyl (C=O) groups excluding carboxylic acids is 1. The van der Waals surface area contributed by atoms with Crippen LogP contribution < -0.4 is 10.2 Å². The van der Waals surface area contributed by atoms with Crippen molar-refractivity contribution in [2.24, 2.45) is 5.92 Å². The Hall–Kier alpha value is -1.64. The highest BCUT2D eigenvalue weighted by atomic mass is 32.2. The van der Waals surface area contributed by atoms with Gasteiger partial charge in [-0.2, -0.15) is 17.0 Å². The van der Waals surface area contributed by atoms with Gasteiger partial charge in [-0.3, -0.25) is 4.79 Å². The molecule has 156 valence electrons. The third-order valence-corrected chi connectivity index (χ3v) is 7.57. The van der Waals surface area contributed by atoms with Crippen LogP contribution in [0.3, 0.4) is 0 Å². The number of nitrogens with zero attached hydrogens (tertiary/aromatic N) is 3. The first-order valence-electron chi connectivity index (χ1n) is 10.2. The summed E-state index contributed by atoms with van der Waals surface area (Å²) in [6, 6.07) is 8.37. The summed E-state index contributed by atoms with van der Waals surface area (Å²) in [6.07, 6.45) is 5.24. The van der Waals surface area contributed by atoms with Crippen LogP contribution in [0.2, 0.25) is 0 Å². The maximum atomic E-state index is 12.6. The van der Waals surface area contributed by atoms with E-state index in [1.165, 1.54) is 47.7 Å². The Kier molecular flexibility index (Phi) is 6.95. The Morgan fingerprint density at radius 2 is 1.75 bits per heavy atom. The molecule has 0 aliphatic carbocycles. The number of benzene rings is 1. The summed E-state index contributed by atoms with van der Waals surface area (Å²) in [5, 5.41) is 2.98. The lowest BCUT2D eigenvalue weighted by molar-refractivity contribution is -0.126. The van der Waals surface area contributed by atoms with Crippen molar-refractivity contribution < 1.29 is 13.2 Å². The van der Waals surface area contributed by atoms with E-state index in [1.54, 1.807) is 0 Å². The molecule has 0 saturated carbocycles. The van der Waals surface area contributed by atoms with Gasteiger partial charge in [-0.1, -0.05) is 12.1 Å². The van der Waals surface area contributed by atoms with Crippen LogP contribution >= 0.6 is 0 Å². The van der Waals surface area contributed by atoms with Crippen LogP contribution in [-0.4, -0.2) is 63.2 Å². The van der Waals surface area contributed by atoms with Crippen LogP contribution in [0.25, 0.3) is 0 Å². The summed E-state index contributed by atoms with van der Waals surface area (Å²) in [4.78, 5) is 15.0. The zero-order chi connectivity index (χ0) is 20.1. The number of amides is 1. The highest BCUT2D eigenvalue weighted by Gasteiger charge is 2.33. The van der Waals surface area contributed by atoms with E-state index in [0.29, 0.717) is 19.5 Å². The Balaban J connectivity index is 1.52. The highest BCUT2D eigenvalue weighted by Crippen LogP contribution is 2.22. The predicted molar refractivity (Wildman–Crippen MR) is 111 cm³/mol. The fraction of sp³-hybridized carbons (Fsp3) is 0.650. The minimum atomic E-state index is -3.47. The highest BCUT2D eigenvalue weighted by molar-refractivity contribution is 7.86. The Labute approximate surface area is 168 Å². The molecule has 2 aliphatic rings. The fourth-order valence-corrected chi connectivity index (χ4v) is 5.10.